The molecule has 6 nitrogen and oxygen atoms in total. The van der Waals surface area contributed by atoms with Crippen LogP contribution in [0.4, 0.5) is 5.69 Å². The fourth-order valence-corrected chi connectivity index (χ4v) is 4.15. The molecule has 0 heterocycles. The first-order valence-electron chi connectivity index (χ1n) is 10.1. The van der Waals surface area contributed by atoms with E-state index in [9.17, 15) is 9.59 Å². The Kier molecular flexibility index (Phi) is 8.10. The van der Waals surface area contributed by atoms with Crippen molar-refractivity contribution in [2.45, 2.75) is 13.3 Å². The van der Waals surface area contributed by atoms with E-state index in [1.165, 1.54) is 0 Å². The number of anilines is 1. The van der Waals surface area contributed by atoms with Gasteiger partial charge in [-0.2, -0.15) is 0 Å². The molecule has 0 aliphatic heterocycles. The van der Waals surface area contributed by atoms with Gasteiger partial charge in [0.25, 0.3) is 11.8 Å². The number of aryl methyl sites for hydroxylation is 1. The highest BCUT2D eigenvalue weighted by molar-refractivity contribution is 14.1. The van der Waals surface area contributed by atoms with Crippen LogP contribution < -0.4 is 20.1 Å². The van der Waals surface area contributed by atoms with Crippen molar-refractivity contribution in [2.75, 3.05) is 26.1 Å². The largest absolute Gasteiger partial charge is 0.493 e. The summed E-state index contributed by atoms with van der Waals surface area (Å²) < 4.78 is 11.4. The average molecular weight is 544 g/mol. The van der Waals surface area contributed by atoms with E-state index in [4.69, 9.17) is 9.47 Å². The van der Waals surface area contributed by atoms with E-state index in [1.807, 2.05) is 37.3 Å². The van der Waals surface area contributed by atoms with Crippen LogP contribution in [-0.2, 0) is 6.42 Å². The van der Waals surface area contributed by atoms with Gasteiger partial charge in [-0.3, -0.25) is 9.59 Å². The second-order valence-corrected chi connectivity index (χ2v) is 8.34. The van der Waals surface area contributed by atoms with Gasteiger partial charge in [0.2, 0.25) is 0 Å². The van der Waals surface area contributed by atoms with Crippen molar-refractivity contribution in [1.82, 2.24) is 5.32 Å². The van der Waals surface area contributed by atoms with Gasteiger partial charge in [0.05, 0.1) is 31.0 Å². The highest BCUT2D eigenvalue weighted by Crippen LogP contribution is 2.27. The van der Waals surface area contributed by atoms with Gasteiger partial charge < -0.3 is 20.1 Å². The van der Waals surface area contributed by atoms with E-state index in [2.05, 4.69) is 33.2 Å². The summed E-state index contributed by atoms with van der Waals surface area (Å²) in [5.74, 6) is 0.809. The number of nitrogens with one attached hydrogen (secondary N) is 2. The van der Waals surface area contributed by atoms with Crippen molar-refractivity contribution in [3.8, 4) is 11.5 Å². The van der Waals surface area contributed by atoms with Gasteiger partial charge in [0, 0.05) is 10.1 Å². The maximum Gasteiger partial charge on any atom is 0.256 e. The number of amides is 2. The molecule has 0 bridgehead atoms. The highest BCUT2D eigenvalue weighted by Gasteiger charge is 2.15. The van der Waals surface area contributed by atoms with Crippen LogP contribution in [0.2, 0.25) is 0 Å². The maximum atomic E-state index is 12.8. The number of benzene rings is 3. The number of para-hydroxylation sites is 1. The molecule has 32 heavy (non-hydrogen) atoms. The Morgan fingerprint density at radius 3 is 2.34 bits per heavy atom. The Morgan fingerprint density at radius 1 is 0.875 bits per heavy atom. The summed E-state index contributed by atoms with van der Waals surface area (Å²) in [7, 11) is 3.18. The van der Waals surface area contributed by atoms with Crippen molar-refractivity contribution >= 4 is 40.1 Å². The molecule has 7 heteroatoms. The SMILES string of the molecule is COc1ccc(CCNC(=O)c2ccccc2NC(=O)c2ccc(C)cc2I)cc1OC. The number of ether oxygens (including phenoxy) is 2. The first-order chi connectivity index (χ1) is 15.4. The quantitative estimate of drug-likeness (QED) is 0.398. The molecule has 0 saturated heterocycles. The Hall–Kier alpha value is -3.07. The Labute approximate surface area is 201 Å². The third kappa shape index (κ3) is 5.79. The molecule has 0 atom stereocenters. The summed E-state index contributed by atoms with van der Waals surface area (Å²) >= 11 is 2.14. The lowest BCUT2D eigenvalue weighted by molar-refractivity contribution is 0.0955. The predicted octanol–water partition coefficient (Wildman–Crippen LogP) is 4.84. The zero-order chi connectivity index (χ0) is 23.1. The van der Waals surface area contributed by atoms with E-state index in [-0.39, 0.29) is 11.8 Å². The molecule has 0 aliphatic carbocycles. The third-order valence-corrected chi connectivity index (χ3v) is 5.83. The fourth-order valence-electron chi connectivity index (χ4n) is 3.24. The lowest BCUT2D eigenvalue weighted by atomic mass is 10.1. The predicted molar refractivity (Wildman–Crippen MR) is 134 cm³/mol. The molecule has 0 saturated carbocycles. The number of halogens is 1. The summed E-state index contributed by atoms with van der Waals surface area (Å²) in [6.07, 6.45) is 0.627. The summed E-state index contributed by atoms with van der Waals surface area (Å²) in [5, 5.41) is 5.79. The minimum atomic E-state index is -0.250. The molecule has 166 valence electrons. The molecule has 2 amide bonds. The van der Waals surface area contributed by atoms with E-state index >= 15 is 0 Å². The molecule has 3 rings (SSSR count). The molecule has 0 unspecified atom stereocenters. The molecule has 0 aliphatic rings. The lowest BCUT2D eigenvalue weighted by Gasteiger charge is -2.13. The number of rotatable bonds is 8. The van der Waals surface area contributed by atoms with Crippen molar-refractivity contribution in [2.24, 2.45) is 0 Å². The molecule has 2 N–H and O–H groups in total. The minimum Gasteiger partial charge on any atom is -0.493 e. The van der Waals surface area contributed by atoms with Crippen molar-refractivity contribution in [1.29, 1.82) is 0 Å². The van der Waals surface area contributed by atoms with E-state index in [0.29, 0.717) is 41.3 Å². The summed E-state index contributed by atoms with van der Waals surface area (Å²) in [5.41, 5.74) is 3.55. The summed E-state index contributed by atoms with van der Waals surface area (Å²) in [6.45, 7) is 2.41. The first kappa shape index (κ1) is 23.6. The van der Waals surface area contributed by atoms with E-state index in [1.54, 1.807) is 44.6 Å². The number of hydrogen-bond donors (Lipinski definition) is 2. The molecule has 0 radical (unpaired) electrons. The Bertz CT molecular complexity index is 1130. The number of carbonyl (C=O) groups excluding carboxylic acids is 2. The molecular formula is C25H25IN2O4. The van der Waals surface area contributed by atoms with Crippen LogP contribution in [0.1, 0.15) is 31.8 Å². The molecule has 0 aromatic heterocycles. The van der Waals surface area contributed by atoms with Gasteiger partial charge in [-0.25, -0.2) is 0 Å². The van der Waals surface area contributed by atoms with Gasteiger partial charge in [0.1, 0.15) is 0 Å². The third-order valence-electron chi connectivity index (χ3n) is 4.94. The normalized spacial score (nSPS) is 10.4. The van der Waals surface area contributed by atoms with Crippen LogP contribution in [0.25, 0.3) is 0 Å². The van der Waals surface area contributed by atoms with Crippen molar-refractivity contribution in [3.05, 3.63) is 86.5 Å². The van der Waals surface area contributed by atoms with Crippen LogP contribution in [-0.4, -0.2) is 32.6 Å². The lowest BCUT2D eigenvalue weighted by Crippen LogP contribution is -2.27. The maximum absolute atomic E-state index is 12.8. The van der Waals surface area contributed by atoms with Gasteiger partial charge >= 0.3 is 0 Å². The van der Waals surface area contributed by atoms with Crippen molar-refractivity contribution < 1.29 is 19.1 Å². The van der Waals surface area contributed by atoms with Crippen LogP contribution in [0.15, 0.2) is 60.7 Å². The molecule has 0 spiro atoms. The minimum absolute atomic E-state index is 0.250. The monoisotopic (exact) mass is 544 g/mol. The van der Waals surface area contributed by atoms with Gasteiger partial charge in [-0.1, -0.05) is 29.8 Å². The van der Waals surface area contributed by atoms with E-state index < -0.39 is 0 Å². The average Bonchev–Trinajstić information content (AvgIpc) is 2.79. The van der Waals surface area contributed by atoms with Gasteiger partial charge in [0.15, 0.2) is 11.5 Å². The Balaban J connectivity index is 1.66. The van der Waals surface area contributed by atoms with Gasteiger partial charge in [-0.15, -0.1) is 0 Å². The number of carbonyl (C=O) groups is 2. The topological polar surface area (TPSA) is 76.7 Å². The van der Waals surface area contributed by atoms with Crippen LogP contribution in [0.5, 0.6) is 11.5 Å². The van der Waals surface area contributed by atoms with Crippen molar-refractivity contribution in [3.63, 3.8) is 0 Å². The number of hydrogen-bond acceptors (Lipinski definition) is 4. The van der Waals surface area contributed by atoms with E-state index in [0.717, 1.165) is 14.7 Å². The smallest absolute Gasteiger partial charge is 0.256 e. The van der Waals surface area contributed by atoms with Crippen LogP contribution >= 0.6 is 22.6 Å². The van der Waals surface area contributed by atoms with Gasteiger partial charge in [-0.05, 0) is 77.9 Å². The number of methoxy groups -OCH3 is 2. The summed E-state index contributed by atoms with van der Waals surface area (Å²) in [4.78, 5) is 25.6. The molecule has 0 fully saturated rings. The Morgan fingerprint density at radius 2 is 1.62 bits per heavy atom. The highest BCUT2D eigenvalue weighted by atomic mass is 127. The second kappa shape index (κ2) is 11.0. The molecule has 3 aromatic carbocycles. The zero-order valence-electron chi connectivity index (χ0n) is 18.2. The second-order valence-electron chi connectivity index (χ2n) is 7.18. The fraction of sp³-hybridized carbons (Fsp3) is 0.200. The molecule has 3 aromatic rings. The van der Waals surface area contributed by atoms with Crippen LogP contribution in [0, 0.1) is 10.5 Å². The standard InChI is InChI=1S/C25H25IN2O4/c1-16-8-10-18(20(26)14-16)25(30)28-21-7-5-4-6-19(21)24(29)27-13-12-17-9-11-22(31-2)23(15-17)32-3/h4-11,14-15H,12-13H2,1-3H3,(H,27,29)(H,28,30). The molecular weight excluding hydrogens is 519 g/mol. The first-order valence-corrected chi connectivity index (χ1v) is 11.2. The van der Waals surface area contributed by atoms with Crippen LogP contribution in [0.3, 0.4) is 0 Å². The zero-order valence-corrected chi connectivity index (χ0v) is 20.4. The summed E-state index contributed by atoms with van der Waals surface area (Å²) in [6, 6.07) is 18.3.